The SMILES string of the molecule is Cn1nc(N2CCC(=O)NC2=O)c2cc(F)c(C3CC=C(OSI)CC3)cc21. The van der Waals surface area contributed by atoms with E-state index in [1.165, 1.54) is 20.2 Å². The number of aryl methyl sites for hydroxylation is 1. The molecule has 0 saturated carbocycles. The van der Waals surface area contributed by atoms with Gasteiger partial charge in [-0.05, 0) is 42.5 Å². The van der Waals surface area contributed by atoms with Gasteiger partial charge in [0, 0.05) is 53.0 Å². The first-order chi connectivity index (χ1) is 13.5. The summed E-state index contributed by atoms with van der Waals surface area (Å²) in [5.74, 6) is 0.757. The van der Waals surface area contributed by atoms with E-state index in [1.54, 1.807) is 11.7 Å². The second-order valence-electron chi connectivity index (χ2n) is 6.88. The lowest BCUT2D eigenvalue weighted by Gasteiger charge is -2.25. The molecular formula is C18H18FIN4O3S. The van der Waals surface area contributed by atoms with Crippen molar-refractivity contribution in [2.24, 2.45) is 7.05 Å². The maximum atomic E-state index is 15.0. The fourth-order valence-corrected chi connectivity index (χ4v) is 4.69. The van der Waals surface area contributed by atoms with Gasteiger partial charge < -0.3 is 4.18 Å². The molecule has 1 aliphatic heterocycles. The third-order valence-corrected chi connectivity index (χ3v) is 6.02. The molecule has 2 aliphatic rings. The fraction of sp³-hybridized carbons (Fsp3) is 0.389. The number of benzene rings is 1. The van der Waals surface area contributed by atoms with Gasteiger partial charge in [-0.15, -0.1) is 0 Å². The van der Waals surface area contributed by atoms with Gasteiger partial charge >= 0.3 is 6.03 Å². The van der Waals surface area contributed by atoms with Gasteiger partial charge in [-0.1, -0.05) is 0 Å². The number of imide groups is 1. The van der Waals surface area contributed by atoms with E-state index in [2.05, 4.69) is 31.6 Å². The third kappa shape index (κ3) is 3.59. The van der Waals surface area contributed by atoms with E-state index in [1.807, 2.05) is 12.1 Å². The van der Waals surface area contributed by atoms with Crippen LogP contribution in [0.25, 0.3) is 10.9 Å². The number of allylic oxidation sites excluding steroid dienone is 2. The summed E-state index contributed by atoms with van der Waals surface area (Å²) < 4.78 is 22.1. The van der Waals surface area contributed by atoms with Crippen LogP contribution in [0.1, 0.15) is 37.2 Å². The summed E-state index contributed by atoms with van der Waals surface area (Å²) in [6.07, 6.45) is 4.52. The van der Waals surface area contributed by atoms with Crippen LogP contribution in [-0.2, 0) is 16.0 Å². The Morgan fingerprint density at radius 3 is 2.86 bits per heavy atom. The Labute approximate surface area is 177 Å². The third-order valence-electron chi connectivity index (χ3n) is 5.21. The number of amides is 3. The summed E-state index contributed by atoms with van der Waals surface area (Å²) in [4.78, 5) is 25.0. The highest BCUT2D eigenvalue weighted by Gasteiger charge is 2.29. The number of hydrogen-bond acceptors (Lipinski definition) is 5. The molecule has 7 nitrogen and oxygen atoms in total. The lowest BCUT2D eigenvalue weighted by molar-refractivity contribution is -0.120. The van der Waals surface area contributed by atoms with E-state index < -0.39 is 6.03 Å². The minimum absolute atomic E-state index is 0.0743. The molecule has 1 atom stereocenters. The van der Waals surface area contributed by atoms with E-state index in [0.29, 0.717) is 16.8 Å². The van der Waals surface area contributed by atoms with Crippen LogP contribution < -0.4 is 10.2 Å². The quantitative estimate of drug-likeness (QED) is 0.484. The van der Waals surface area contributed by atoms with Crippen molar-refractivity contribution in [2.45, 2.75) is 31.6 Å². The molecule has 1 saturated heterocycles. The number of fused-ring (bicyclic) bond motifs is 1. The Bertz CT molecular complexity index is 993. The van der Waals surface area contributed by atoms with Gasteiger partial charge in [-0.25, -0.2) is 9.18 Å². The van der Waals surface area contributed by atoms with Crippen LogP contribution in [0.15, 0.2) is 24.0 Å². The van der Waals surface area contributed by atoms with Crippen molar-refractivity contribution < 1.29 is 18.2 Å². The summed E-state index contributed by atoms with van der Waals surface area (Å²) in [6.45, 7) is 0.227. The van der Waals surface area contributed by atoms with Crippen LogP contribution in [-0.4, -0.2) is 28.3 Å². The highest BCUT2D eigenvalue weighted by molar-refractivity contribution is 14.2. The number of nitrogens with zero attached hydrogens (tertiary/aromatic N) is 3. The summed E-state index contributed by atoms with van der Waals surface area (Å²) in [6, 6.07) is 2.75. The van der Waals surface area contributed by atoms with Crippen LogP contribution in [0.2, 0.25) is 0 Å². The van der Waals surface area contributed by atoms with Crippen molar-refractivity contribution >= 4 is 59.1 Å². The highest BCUT2D eigenvalue weighted by atomic mass is 127. The first-order valence-corrected chi connectivity index (χ1v) is 12.2. The Kier molecular flexibility index (Phi) is 5.50. The van der Waals surface area contributed by atoms with E-state index in [4.69, 9.17) is 4.18 Å². The standard InChI is InChI=1S/C18H18FIN4O3S/c1-23-15-9-12(10-2-4-11(5-3-10)27-28-20)14(19)8-13(15)17(22-23)24-7-6-16(25)21-18(24)26/h4,8-10H,2-3,5-7H2,1H3,(H,21,25,26). The smallest absolute Gasteiger partial charge is 0.329 e. The number of carbonyl (C=O) groups excluding carboxylic acids is 2. The molecule has 4 rings (SSSR count). The molecule has 1 fully saturated rings. The maximum Gasteiger partial charge on any atom is 0.329 e. The van der Waals surface area contributed by atoms with Gasteiger partial charge in [-0.2, -0.15) is 5.10 Å². The van der Waals surface area contributed by atoms with Crippen LogP contribution in [0.4, 0.5) is 15.0 Å². The Hall–Kier alpha value is -1.82. The van der Waals surface area contributed by atoms with Gasteiger partial charge in [-0.3, -0.25) is 19.7 Å². The maximum absolute atomic E-state index is 15.0. The lowest BCUT2D eigenvalue weighted by atomic mass is 9.86. The minimum atomic E-state index is -0.529. The monoisotopic (exact) mass is 516 g/mol. The molecule has 28 heavy (non-hydrogen) atoms. The zero-order chi connectivity index (χ0) is 19.8. The van der Waals surface area contributed by atoms with Crippen molar-refractivity contribution in [2.75, 3.05) is 11.4 Å². The molecule has 1 aromatic carbocycles. The number of hydrogen-bond donors (Lipinski definition) is 1. The number of urea groups is 1. The molecule has 148 valence electrons. The van der Waals surface area contributed by atoms with Gasteiger partial charge in [0.1, 0.15) is 20.8 Å². The normalized spacial score (nSPS) is 20.3. The van der Waals surface area contributed by atoms with Gasteiger partial charge in [0.2, 0.25) is 5.91 Å². The van der Waals surface area contributed by atoms with Crippen molar-refractivity contribution in [1.82, 2.24) is 15.1 Å². The van der Waals surface area contributed by atoms with Crippen molar-refractivity contribution in [3.8, 4) is 0 Å². The van der Waals surface area contributed by atoms with Crippen molar-refractivity contribution in [1.29, 1.82) is 0 Å². The second-order valence-corrected chi connectivity index (χ2v) is 8.25. The minimum Gasteiger partial charge on any atom is -0.420 e. The number of rotatable bonds is 4. The molecule has 1 aromatic heterocycles. The topological polar surface area (TPSA) is 76.5 Å². The van der Waals surface area contributed by atoms with Gasteiger partial charge in [0.25, 0.3) is 0 Å². The first kappa shape index (κ1) is 19.5. The van der Waals surface area contributed by atoms with Crippen molar-refractivity contribution in [3.63, 3.8) is 0 Å². The van der Waals surface area contributed by atoms with Gasteiger partial charge in [0.05, 0.1) is 5.52 Å². The summed E-state index contributed by atoms with van der Waals surface area (Å²) in [7, 11) is 3.06. The van der Waals surface area contributed by atoms with E-state index in [9.17, 15) is 14.0 Å². The van der Waals surface area contributed by atoms with Crippen LogP contribution >= 0.6 is 30.4 Å². The molecule has 2 aromatic rings. The average Bonchev–Trinajstić information content (AvgIpc) is 2.97. The number of anilines is 1. The molecule has 3 amide bonds. The predicted molar refractivity (Wildman–Crippen MR) is 114 cm³/mol. The number of halogens is 2. The molecule has 0 spiro atoms. The van der Waals surface area contributed by atoms with Crippen LogP contribution in [0.5, 0.6) is 0 Å². The molecule has 0 bridgehead atoms. The Morgan fingerprint density at radius 2 is 2.18 bits per heavy atom. The molecule has 1 N–H and O–H groups in total. The summed E-state index contributed by atoms with van der Waals surface area (Å²) in [5, 5.41) is 7.26. The molecular weight excluding hydrogens is 498 g/mol. The number of aromatic nitrogens is 2. The van der Waals surface area contributed by atoms with E-state index in [-0.39, 0.29) is 30.6 Å². The molecule has 1 aliphatic carbocycles. The van der Waals surface area contributed by atoms with Crippen molar-refractivity contribution in [3.05, 3.63) is 35.3 Å². The van der Waals surface area contributed by atoms with Gasteiger partial charge in [0.15, 0.2) is 5.82 Å². The Morgan fingerprint density at radius 1 is 1.36 bits per heavy atom. The molecule has 2 heterocycles. The number of nitrogens with one attached hydrogen (secondary N) is 1. The second kappa shape index (κ2) is 7.90. The largest absolute Gasteiger partial charge is 0.420 e. The van der Waals surface area contributed by atoms with E-state index in [0.717, 1.165) is 30.5 Å². The molecule has 0 radical (unpaired) electrons. The molecule has 10 heteroatoms. The molecule has 1 unspecified atom stereocenters. The highest BCUT2D eigenvalue weighted by Crippen LogP contribution is 2.38. The van der Waals surface area contributed by atoms with Crippen LogP contribution in [0, 0.1) is 5.82 Å². The Balaban J connectivity index is 1.68. The summed E-state index contributed by atoms with van der Waals surface area (Å²) in [5.41, 5.74) is 1.41. The zero-order valence-electron chi connectivity index (χ0n) is 15.1. The lowest BCUT2D eigenvalue weighted by Crippen LogP contribution is -2.49. The predicted octanol–water partition coefficient (Wildman–Crippen LogP) is 4.32. The fourth-order valence-electron chi connectivity index (χ4n) is 3.76. The van der Waals surface area contributed by atoms with Crippen LogP contribution in [0.3, 0.4) is 0 Å². The van der Waals surface area contributed by atoms with E-state index >= 15 is 0 Å². The first-order valence-electron chi connectivity index (χ1n) is 8.89. The average molecular weight is 516 g/mol. The summed E-state index contributed by atoms with van der Waals surface area (Å²) >= 11 is 2.08. The zero-order valence-corrected chi connectivity index (χ0v) is 18.0. The number of carbonyl (C=O) groups is 2.